The molecule has 1 N–H and O–H groups in total. The van der Waals surface area contributed by atoms with Gasteiger partial charge in [-0.3, -0.25) is 0 Å². The number of hydrogen-bond acceptors (Lipinski definition) is 5. The molecule has 0 saturated heterocycles. The second kappa shape index (κ2) is 3.24. The highest BCUT2D eigenvalue weighted by Crippen LogP contribution is 2.33. The van der Waals surface area contributed by atoms with Crippen LogP contribution in [0.25, 0.3) is 10.3 Å². The third-order valence-corrected chi connectivity index (χ3v) is 4.64. The summed E-state index contributed by atoms with van der Waals surface area (Å²) in [7, 11) is 2.06. The number of thioether (sulfide) groups is 1. The summed E-state index contributed by atoms with van der Waals surface area (Å²) in [4.78, 5) is 4.59. The van der Waals surface area contributed by atoms with Crippen LogP contribution in [0, 0.1) is 0 Å². The second-order valence-corrected chi connectivity index (χ2v) is 5.40. The van der Waals surface area contributed by atoms with Crippen LogP contribution in [-0.4, -0.2) is 22.0 Å². The van der Waals surface area contributed by atoms with Gasteiger partial charge in [-0.15, -0.1) is 11.3 Å². The highest BCUT2D eigenvalue weighted by atomic mass is 32.2. The van der Waals surface area contributed by atoms with Crippen LogP contribution in [0.4, 0.5) is 0 Å². The first-order valence-corrected chi connectivity index (χ1v) is 6.63. The third-order valence-electron chi connectivity index (χ3n) is 2.57. The summed E-state index contributed by atoms with van der Waals surface area (Å²) < 4.78 is 4.52. The zero-order valence-electron chi connectivity index (χ0n) is 8.44. The van der Waals surface area contributed by atoms with Crippen molar-refractivity contribution in [3.63, 3.8) is 0 Å². The molecular formula is C9H10N4S2. The quantitative estimate of drug-likeness (QED) is 0.770. The fourth-order valence-electron chi connectivity index (χ4n) is 1.80. The lowest BCUT2D eigenvalue weighted by Gasteiger charge is -2.08. The minimum absolute atomic E-state index is 0.792. The fraction of sp³-hybridized carbons (Fsp3) is 0.333. The van der Waals surface area contributed by atoms with Gasteiger partial charge in [0.15, 0.2) is 9.99 Å². The molecule has 0 saturated carbocycles. The summed E-state index contributed by atoms with van der Waals surface area (Å²) >= 11 is 3.44. The number of hydrogen-bond donors (Lipinski definition) is 1. The summed E-state index contributed by atoms with van der Waals surface area (Å²) in [6.07, 6.45) is 3.95. The van der Waals surface area contributed by atoms with E-state index in [4.69, 9.17) is 0 Å². The first-order chi connectivity index (χ1) is 7.31. The molecule has 0 atom stereocenters. The second-order valence-electron chi connectivity index (χ2n) is 3.35. The molecule has 0 bridgehead atoms. The van der Waals surface area contributed by atoms with Crippen LogP contribution in [0.15, 0.2) is 9.44 Å². The standard InChI is InChI=1S/C9H10N4S2/c1-13-6-4-11-10-3-5(6)7-8(13)12-9(14-2)15-7/h3,11H,4H2,1-2H3. The number of aromatic nitrogens is 2. The Balaban J connectivity index is 2.35. The molecule has 0 spiro atoms. The number of thiazole rings is 1. The van der Waals surface area contributed by atoms with E-state index in [1.165, 1.54) is 16.0 Å². The van der Waals surface area contributed by atoms with Gasteiger partial charge in [0.2, 0.25) is 0 Å². The zero-order valence-corrected chi connectivity index (χ0v) is 10.1. The number of aryl methyl sites for hydroxylation is 1. The topological polar surface area (TPSA) is 42.2 Å². The van der Waals surface area contributed by atoms with Crippen molar-refractivity contribution in [2.24, 2.45) is 12.1 Å². The molecule has 1 aliphatic heterocycles. The van der Waals surface area contributed by atoms with Gasteiger partial charge in [0.05, 0.1) is 23.2 Å². The molecule has 2 aromatic heterocycles. The Morgan fingerprint density at radius 3 is 3.27 bits per heavy atom. The molecule has 0 aromatic carbocycles. The average molecular weight is 238 g/mol. The Labute approximate surface area is 95.4 Å². The molecule has 0 fully saturated rings. The van der Waals surface area contributed by atoms with Crippen LogP contribution in [0.3, 0.4) is 0 Å². The Kier molecular flexibility index (Phi) is 2.00. The third kappa shape index (κ3) is 1.21. The molecule has 0 aliphatic carbocycles. The number of fused-ring (bicyclic) bond motifs is 3. The lowest BCUT2D eigenvalue weighted by molar-refractivity contribution is 0.685. The molecule has 3 heterocycles. The SMILES string of the molecule is CSc1nc2c(s1)c1c(n2C)CNN=C1. The van der Waals surface area contributed by atoms with Gasteiger partial charge in [0, 0.05) is 12.6 Å². The molecular weight excluding hydrogens is 228 g/mol. The largest absolute Gasteiger partial charge is 0.329 e. The van der Waals surface area contributed by atoms with Crippen LogP contribution < -0.4 is 5.43 Å². The predicted octanol–water partition coefficient (Wildman–Crippen LogP) is 1.79. The minimum atomic E-state index is 0.792. The number of hydrazone groups is 1. The molecule has 2 aromatic rings. The number of nitrogens with one attached hydrogen (secondary N) is 1. The minimum Gasteiger partial charge on any atom is -0.329 e. The molecule has 1 aliphatic rings. The van der Waals surface area contributed by atoms with E-state index in [9.17, 15) is 0 Å². The predicted molar refractivity (Wildman–Crippen MR) is 64.8 cm³/mol. The van der Waals surface area contributed by atoms with Gasteiger partial charge in [-0.1, -0.05) is 11.8 Å². The lowest BCUT2D eigenvalue weighted by atomic mass is 10.2. The first-order valence-electron chi connectivity index (χ1n) is 4.59. The monoisotopic (exact) mass is 238 g/mol. The maximum atomic E-state index is 4.59. The van der Waals surface area contributed by atoms with E-state index >= 15 is 0 Å². The van der Waals surface area contributed by atoms with Crippen molar-refractivity contribution in [2.45, 2.75) is 10.9 Å². The van der Waals surface area contributed by atoms with Crippen molar-refractivity contribution in [1.82, 2.24) is 15.0 Å². The van der Waals surface area contributed by atoms with Crippen LogP contribution in [0.5, 0.6) is 0 Å². The summed E-state index contributed by atoms with van der Waals surface area (Å²) in [5, 5.41) is 4.10. The highest BCUT2D eigenvalue weighted by Gasteiger charge is 2.19. The fourth-order valence-corrected chi connectivity index (χ4v) is 3.42. The van der Waals surface area contributed by atoms with E-state index in [1.807, 2.05) is 6.21 Å². The van der Waals surface area contributed by atoms with E-state index < -0.39 is 0 Å². The van der Waals surface area contributed by atoms with Gasteiger partial charge in [0.25, 0.3) is 0 Å². The molecule has 6 heteroatoms. The number of rotatable bonds is 1. The van der Waals surface area contributed by atoms with Crippen molar-refractivity contribution < 1.29 is 0 Å². The van der Waals surface area contributed by atoms with E-state index in [0.717, 1.165) is 16.5 Å². The van der Waals surface area contributed by atoms with Crippen molar-refractivity contribution >= 4 is 39.7 Å². The summed E-state index contributed by atoms with van der Waals surface area (Å²) in [6.45, 7) is 0.792. The molecule has 0 amide bonds. The van der Waals surface area contributed by atoms with E-state index in [2.05, 4.69) is 33.4 Å². The Morgan fingerprint density at radius 2 is 2.47 bits per heavy atom. The first kappa shape index (κ1) is 9.23. The van der Waals surface area contributed by atoms with E-state index in [1.54, 1.807) is 23.1 Å². The van der Waals surface area contributed by atoms with Crippen LogP contribution >= 0.6 is 23.1 Å². The zero-order chi connectivity index (χ0) is 10.4. The van der Waals surface area contributed by atoms with Crippen LogP contribution in [-0.2, 0) is 13.6 Å². The smallest absolute Gasteiger partial charge is 0.153 e. The van der Waals surface area contributed by atoms with Crippen molar-refractivity contribution in [3.05, 3.63) is 11.3 Å². The lowest BCUT2D eigenvalue weighted by Crippen LogP contribution is -2.15. The van der Waals surface area contributed by atoms with Gasteiger partial charge < -0.3 is 9.99 Å². The van der Waals surface area contributed by atoms with E-state index in [-0.39, 0.29) is 0 Å². The molecule has 0 radical (unpaired) electrons. The van der Waals surface area contributed by atoms with Gasteiger partial charge in [-0.2, -0.15) is 5.10 Å². The van der Waals surface area contributed by atoms with Crippen LogP contribution in [0.1, 0.15) is 11.3 Å². The van der Waals surface area contributed by atoms with Gasteiger partial charge >= 0.3 is 0 Å². The molecule has 78 valence electrons. The summed E-state index contributed by atoms with van der Waals surface area (Å²) in [6, 6.07) is 0. The Hall–Kier alpha value is -1.01. The normalized spacial score (nSPS) is 14.3. The number of nitrogens with zero attached hydrogens (tertiary/aromatic N) is 3. The maximum Gasteiger partial charge on any atom is 0.153 e. The van der Waals surface area contributed by atoms with Gasteiger partial charge in [-0.05, 0) is 6.26 Å². The summed E-state index contributed by atoms with van der Waals surface area (Å²) in [5.74, 6) is 0. The van der Waals surface area contributed by atoms with Gasteiger partial charge in [-0.25, -0.2) is 4.98 Å². The van der Waals surface area contributed by atoms with E-state index in [0.29, 0.717) is 0 Å². The Bertz CT molecular complexity index is 552. The van der Waals surface area contributed by atoms with Gasteiger partial charge in [0.1, 0.15) is 0 Å². The van der Waals surface area contributed by atoms with Crippen molar-refractivity contribution in [2.75, 3.05) is 6.26 Å². The molecule has 4 nitrogen and oxygen atoms in total. The Morgan fingerprint density at radius 1 is 1.60 bits per heavy atom. The van der Waals surface area contributed by atoms with Crippen LogP contribution in [0.2, 0.25) is 0 Å². The molecule has 15 heavy (non-hydrogen) atoms. The summed E-state index contributed by atoms with van der Waals surface area (Å²) in [5.41, 5.74) is 6.55. The maximum absolute atomic E-state index is 4.59. The molecule has 0 unspecified atom stereocenters. The molecule has 3 rings (SSSR count). The highest BCUT2D eigenvalue weighted by molar-refractivity contribution is 8.00. The average Bonchev–Trinajstić information content (AvgIpc) is 2.80. The van der Waals surface area contributed by atoms with Crippen molar-refractivity contribution in [3.8, 4) is 0 Å². The van der Waals surface area contributed by atoms with Crippen molar-refractivity contribution in [1.29, 1.82) is 0 Å².